The Kier molecular flexibility index (Phi) is 6.04. The number of halogens is 1. The quantitative estimate of drug-likeness (QED) is 0.586. The molecule has 1 saturated carbocycles. The Balaban J connectivity index is 2.43. The van der Waals surface area contributed by atoms with Gasteiger partial charge < -0.3 is 9.84 Å². The van der Waals surface area contributed by atoms with Gasteiger partial charge in [-0.15, -0.1) is 6.58 Å². The second-order valence-electron chi connectivity index (χ2n) is 6.34. The van der Waals surface area contributed by atoms with Gasteiger partial charge in [0.1, 0.15) is 5.41 Å². The molecular weight excluding hydrogens is 356 g/mol. The first-order chi connectivity index (χ1) is 11.0. The van der Waals surface area contributed by atoms with E-state index in [0.717, 1.165) is 22.9 Å². The fraction of sp³-hybridized carbons (Fsp3) is 0.526. The number of carbonyl (C=O) groups excluding carboxylic acids is 1. The molecule has 23 heavy (non-hydrogen) atoms. The van der Waals surface area contributed by atoms with Crippen LogP contribution in [0.1, 0.15) is 44.6 Å². The highest BCUT2D eigenvalue weighted by molar-refractivity contribution is 9.10. The lowest BCUT2D eigenvalue weighted by Crippen LogP contribution is -2.57. The summed E-state index contributed by atoms with van der Waals surface area (Å²) < 4.78 is 6.38. The number of carbonyl (C=O) groups is 1. The second-order valence-corrected chi connectivity index (χ2v) is 7.25. The number of esters is 1. The summed E-state index contributed by atoms with van der Waals surface area (Å²) in [6.07, 6.45) is 5.70. The van der Waals surface area contributed by atoms with E-state index in [1.807, 2.05) is 24.3 Å². The molecule has 1 aromatic rings. The number of hydrogen-bond donors (Lipinski definition) is 1. The van der Waals surface area contributed by atoms with Gasteiger partial charge in [0, 0.05) is 4.47 Å². The van der Waals surface area contributed by atoms with E-state index in [-0.39, 0.29) is 5.97 Å². The highest BCUT2D eigenvalue weighted by Gasteiger charge is 2.56. The van der Waals surface area contributed by atoms with Crippen molar-refractivity contribution in [3.8, 4) is 0 Å². The van der Waals surface area contributed by atoms with Crippen molar-refractivity contribution in [3.63, 3.8) is 0 Å². The zero-order valence-electron chi connectivity index (χ0n) is 13.7. The van der Waals surface area contributed by atoms with Crippen molar-refractivity contribution in [3.05, 3.63) is 47.0 Å². The van der Waals surface area contributed by atoms with Crippen LogP contribution < -0.4 is 0 Å². The minimum absolute atomic E-state index is 0.285. The van der Waals surface area contributed by atoms with E-state index in [1.54, 1.807) is 13.0 Å². The van der Waals surface area contributed by atoms with Crippen molar-refractivity contribution in [1.82, 2.24) is 0 Å². The normalized spacial score (nSPS) is 27.4. The SMILES string of the molecule is C=CC[C@@]1(O)CCCC[C@@]1(Cc1ccc(Br)cc1)C(=O)OCC. The molecule has 3 nitrogen and oxygen atoms in total. The van der Waals surface area contributed by atoms with E-state index in [9.17, 15) is 9.90 Å². The maximum atomic E-state index is 12.9. The molecule has 0 unspecified atom stereocenters. The van der Waals surface area contributed by atoms with Crippen LogP contribution in [-0.4, -0.2) is 23.3 Å². The molecule has 0 aromatic heterocycles. The zero-order chi connectivity index (χ0) is 16.9. The van der Waals surface area contributed by atoms with Crippen molar-refractivity contribution in [2.24, 2.45) is 5.41 Å². The minimum atomic E-state index is -1.09. The molecule has 0 bridgehead atoms. The van der Waals surface area contributed by atoms with Gasteiger partial charge >= 0.3 is 5.97 Å². The lowest BCUT2D eigenvalue weighted by atomic mass is 9.59. The van der Waals surface area contributed by atoms with Gasteiger partial charge in [0.05, 0.1) is 12.2 Å². The second kappa shape index (κ2) is 7.63. The molecule has 0 saturated heterocycles. The zero-order valence-corrected chi connectivity index (χ0v) is 15.3. The maximum Gasteiger partial charge on any atom is 0.315 e. The summed E-state index contributed by atoms with van der Waals surface area (Å²) in [4.78, 5) is 12.9. The summed E-state index contributed by atoms with van der Waals surface area (Å²) in [7, 11) is 0. The molecule has 0 radical (unpaired) electrons. The predicted octanol–water partition coefficient (Wildman–Crippen LogP) is 4.42. The predicted molar refractivity (Wildman–Crippen MR) is 95.1 cm³/mol. The first-order valence-electron chi connectivity index (χ1n) is 8.22. The van der Waals surface area contributed by atoms with Crippen molar-refractivity contribution >= 4 is 21.9 Å². The Morgan fingerprint density at radius 1 is 1.35 bits per heavy atom. The third-order valence-electron chi connectivity index (χ3n) is 4.90. The average Bonchev–Trinajstić information content (AvgIpc) is 2.52. The molecule has 0 aliphatic heterocycles. The van der Waals surface area contributed by atoms with E-state index in [0.29, 0.717) is 32.3 Å². The van der Waals surface area contributed by atoms with E-state index < -0.39 is 11.0 Å². The van der Waals surface area contributed by atoms with Gasteiger partial charge in [-0.3, -0.25) is 4.79 Å². The summed E-state index contributed by atoms with van der Waals surface area (Å²) >= 11 is 3.43. The van der Waals surface area contributed by atoms with Crippen LogP contribution in [-0.2, 0) is 16.0 Å². The number of aliphatic hydroxyl groups is 1. The van der Waals surface area contributed by atoms with Crippen molar-refractivity contribution in [2.75, 3.05) is 6.61 Å². The molecule has 1 aliphatic carbocycles. The minimum Gasteiger partial charge on any atom is -0.465 e. The topological polar surface area (TPSA) is 46.5 Å². The van der Waals surface area contributed by atoms with E-state index in [2.05, 4.69) is 22.5 Å². The molecule has 1 aromatic carbocycles. The molecule has 126 valence electrons. The Hall–Kier alpha value is -1.13. The molecular formula is C19H25BrO3. The maximum absolute atomic E-state index is 12.9. The highest BCUT2D eigenvalue weighted by atomic mass is 79.9. The van der Waals surface area contributed by atoms with Gasteiger partial charge in [0.25, 0.3) is 0 Å². The summed E-state index contributed by atoms with van der Waals surface area (Å²) in [5, 5.41) is 11.3. The third kappa shape index (κ3) is 3.69. The van der Waals surface area contributed by atoms with E-state index >= 15 is 0 Å². The van der Waals surface area contributed by atoms with Crippen LogP contribution >= 0.6 is 15.9 Å². The largest absolute Gasteiger partial charge is 0.465 e. The van der Waals surface area contributed by atoms with Crippen LogP contribution in [0.2, 0.25) is 0 Å². The van der Waals surface area contributed by atoms with Gasteiger partial charge in [0.15, 0.2) is 0 Å². The van der Waals surface area contributed by atoms with Crippen LogP contribution in [0, 0.1) is 5.41 Å². The molecule has 0 heterocycles. The summed E-state index contributed by atoms with van der Waals surface area (Å²) in [5.74, 6) is -0.285. The molecule has 0 amide bonds. The fourth-order valence-electron chi connectivity index (χ4n) is 3.69. The number of ether oxygens (including phenoxy) is 1. The van der Waals surface area contributed by atoms with Crippen molar-refractivity contribution in [2.45, 2.75) is 51.0 Å². The Labute approximate surface area is 146 Å². The van der Waals surface area contributed by atoms with Crippen LogP contribution in [0.5, 0.6) is 0 Å². The Morgan fingerprint density at radius 2 is 2.00 bits per heavy atom. The molecule has 0 spiro atoms. The smallest absolute Gasteiger partial charge is 0.315 e. The summed E-state index contributed by atoms with van der Waals surface area (Å²) in [6, 6.07) is 7.91. The molecule has 1 fully saturated rings. The monoisotopic (exact) mass is 380 g/mol. The van der Waals surface area contributed by atoms with Crippen LogP contribution in [0.3, 0.4) is 0 Å². The van der Waals surface area contributed by atoms with Gasteiger partial charge in [-0.1, -0.05) is 47.0 Å². The highest BCUT2D eigenvalue weighted by Crippen LogP contribution is 2.49. The van der Waals surface area contributed by atoms with Crippen molar-refractivity contribution in [1.29, 1.82) is 0 Å². The van der Waals surface area contributed by atoms with Crippen LogP contribution in [0.25, 0.3) is 0 Å². The molecule has 1 aliphatic rings. The molecule has 4 heteroatoms. The van der Waals surface area contributed by atoms with Gasteiger partial charge in [-0.05, 0) is 50.3 Å². The number of benzene rings is 1. The van der Waals surface area contributed by atoms with Crippen LogP contribution in [0.4, 0.5) is 0 Å². The summed E-state index contributed by atoms with van der Waals surface area (Å²) in [6.45, 7) is 5.90. The molecule has 2 rings (SSSR count). The Morgan fingerprint density at radius 3 is 2.61 bits per heavy atom. The fourth-order valence-corrected chi connectivity index (χ4v) is 3.95. The average molecular weight is 381 g/mol. The Bertz CT molecular complexity index is 554. The lowest BCUT2D eigenvalue weighted by molar-refractivity contribution is -0.183. The third-order valence-corrected chi connectivity index (χ3v) is 5.43. The molecule has 2 atom stereocenters. The number of hydrogen-bond acceptors (Lipinski definition) is 3. The number of rotatable bonds is 6. The standard InChI is InChI=1S/C19H25BrO3/c1-3-11-19(22)13-6-5-12-18(19,17(21)23-4-2)14-15-7-9-16(20)10-8-15/h3,7-10,22H,1,4-6,11-14H2,2H3/t18-,19-/m1/s1. The lowest BCUT2D eigenvalue weighted by Gasteiger charge is -2.48. The van der Waals surface area contributed by atoms with Gasteiger partial charge in [0.2, 0.25) is 0 Å². The first-order valence-corrected chi connectivity index (χ1v) is 9.02. The van der Waals surface area contributed by atoms with E-state index in [1.165, 1.54) is 0 Å². The molecule has 1 N–H and O–H groups in total. The van der Waals surface area contributed by atoms with E-state index in [4.69, 9.17) is 4.74 Å². The van der Waals surface area contributed by atoms with Crippen molar-refractivity contribution < 1.29 is 14.6 Å². The first kappa shape index (κ1) is 18.2. The van der Waals surface area contributed by atoms with Gasteiger partial charge in [-0.25, -0.2) is 0 Å². The van der Waals surface area contributed by atoms with Crippen LogP contribution in [0.15, 0.2) is 41.4 Å². The van der Waals surface area contributed by atoms with Gasteiger partial charge in [-0.2, -0.15) is 0 Å². The summed E-state index contributed by atoms with van der Waals surface area (Å²) in [5.41, 5.74) is -0.957.